The van der Waals surface area contributed by atoms with Gasteiger partial charge in [0, 0.05) is 31.7 Å². The Bertz CT molecular complexity index is 611. The van der Waals surface area contributed by atoms with Gasteiger partial charge in [0.2, 0.25) is 11.8 Å². The molecule has 110 valence electrons. The summed E-state index contributed by atoms with van der Waals surface area (Å²) >= 11 is 0. The van der Waals surface area contributed by atoms with E-state index in [1.807, 2.05) is 35.2 Å². The van der Waals surface area contributed by atoms with Gasteiger partial charge in [-0.05, 0) is 12.1 Å². The Hall–Kier alpha value is -2.18. The van der Waals surface area contributed by atoms with E-state index in [0.29, 0.717) is 19.0 Å². The summed E-state index contributed by atoms with van der Waals surface area (Å²) in [5.41, 5.74) is 7.19. The average molecular weight is 286 g/mol. The fraction of sp³-hybridized carbons (Fsp3) is 0.333. The van der Waals surface area contributed by atoms with Gasteiger partial charge in [-0.25, -0.2) is 4.98 Å². The number of carbonyl (C=O) groups is 1. The molecule has 6 nitrogen and oxygen atoms in total. The van der Waals surface area contributed by atoms with Gasteiger partial charge in [0.15, 0.2) is 0 Å². The monoisotopic (exact) mass is 286 g/mol. The first-order chi connectivity index (χ1) is 10.2. The van der Waals surface area contributed by atoms with Crippen molar-refractivity contribution in [1.82, 2.24) is 15.2 Å². The first kappa shape index (κ1) is 13.8. The Morgan fingerprint density at radius 3 is 3.00 bits per heavy atom. The molecule has 0 spiro atoms. The average Bonchev–Trinajstić information content (AvgIpc) is 2.97. The van der Waals surface area contributed by atoms with Gasteiger partial charge in [-0.15, -0.1) is 0 Å². The van der Waals surface area contributed by atoms with Gasteiger partial charge in [-0.3, -0.25) is 9.69 Å². The number of rotatable bonds is 4. The maximum atomic E-state index is 11.5. The molecule has 0 radical (unpaired) electrons. The first-order valence-electron chi connectivity index (χ1n) is 6.98. The summed E-state index contributed by atoms with van der Waals surface area (Å²) in [4.78, 5) is 18.0. The van der Waals surface area contributed by atoms with Gasteiger partial charge in [0.1, 0.15) is 12.3 Å². The van der Waals surface area contributed by atoms with Crippen LogP contribution < -0.4 is 11.1 Å². The summed E-state index contributed by atoms with van der Waals surface area (Å²) in [5.74, 6) is 0.283. The Morgan fingerprint density at radius 1 is 1.43 bits per heavy atom. The van der Waals surface area contributed by atoms with Gasteiger partial charge >= 0.3 is 0 Å². The molecule has 1 aliphatic rings. The van der Waals surface area contributed by atoms with Crippen molar-refractivity contribution in [2.24, 2.45) is 5.73 Å². The summed E-state index contributed by atoms with van der Waals surface area (Å²) in [7, 11) is 0. The lowest BCUT2D eigenvalue weighted by atomic mass is 10.1. The number of benzene rings is 1. The van der Waals surface area contributed by atoms with E-state index in [0.717, 1.165) is 24.3 Å². The quantitative estimate of drug-likeness (QED) is 0.860. The molecule has 6 heteroatoms. The summed E-state index contributed by atoms with van der Waals surface area (Å²) in [6.07, 6.45) is 1.64. The third-order valence-corrected chi connectivity index (χ3v) is 3.62. The Kier molecular flexibility index (Phi) is 3.98. The zero-order valence-corrected chi connectivity index (χ0v) is 11.7. The lowest BCUT2D eigenvalue weighted by Gasteiger charge is -2.33. The van der Waals surface area contributed by atoms with E-state index in [2.05, 4.69) is 10.3 Å². The molecule has 21 heavy (non-hydrogen) atoms. The maximum absolute atomic E-state index is 11.5. The number of piperazine rings is 1. The minimum atomic E-state index is -0.311. The first-order valence-corrected chi connectivity index (χ1v) is 6.98. The second-order valence-electron chi connectivity index (χ2n) is 5.10. The molecule has 1 aromatic carbocycles. The van der Waals surface area contributed by atoms with Crippen LogP contribution in [0.3, 0.4) is 0 Å². The molecule has 0 aliphatic carbocycles. The molecular formula is C15H18N4O2. The largest absolute Gasteiger partial charge is 0.444 e. The number of hydrogen-bond acceptors (Lipinski definition) is 5. The lowest BCUT2D eigenvalue weighted by Crippen LogP contribution is -2.56. The van der Waals surface area contributed by atoms with E-state index in [-0.39, 0.29) is 11.9 Å². The minimum Gasteiger partial charge on any atom is -0.444 e. The topological polar surface area (TPSA) is 84.4 Å². The summed E-state index contributed by atoms with van der Waals surface area (Å²) in [6.45, 7) is 2.75. The maximum Gasteiger partial charge on any atom is 0.236 e. The van der Waals surface area contributed by atoms with Crippen LogP contribution in [-0.2, 0) is 11.3 Å². The van der Waals surface area contributed by atoms with Crippen molar-refractivity contribution in [1.29, 1.82) is 0 Å². The molecule has 1 atom stereocenters. The van der Waals surface area contributed by atoms with Crippen LogP contribution in [0.4, 0.5) is 0 Å². The molecule has 1 amide bonds. The zero-order valence-electron chi connectivity index (χ0n) is 11.7. The Labute approximate surface area is 122 Å². The highest BCUT2D eigenvalue weighted by Gasteiger charge is 2.27. The summed E-state index contributed by atoms with van der Waals surface area (Å²) in [6, 6.07) is 9.44. The van der Waals surface area contributed by atoms with Crippen molar-refractivity contribution >= 4 is 5.91 Å². The predicted molar refractivity (Wildman–Crippen MR) is 78.2 cm³/mol. The smallest absolute Gasteiger partial charge is 0.236 e. The molecule has 2 aromatic rings. The molecule has 3 rings (SSSR count). The molecule has 1 fully saturated rings. The molecule has 0 bridgehead atoms. The molecule has 0 saturated carbocycles. The number of amides is 1. The van der Waals surface area contributed by atoms with Crippen LogP contribution in [0.5, 0.6) is 0 Å². The minimum absolute atomic E-state index is 0.296. The fourth-order valence-corrected chi connectivity index (χ4v) is 2.52. The van der Waals surface area contributed by atoms with E-state index < -0.39 is 0 Å². The molecule has 1 aliphatic heterocycles. The third kappa shape index (κ3) is 3.12. The van der Waals surface area contributed by atoms with E-state index in [1.54, 1.807) is 6.26 Å². The number of nitrogens with one attached hydrogen (secondary N) is 1. The van der Waals surface area contributed by atoms with Gasteiger partial charge in [-0.1, -0.05) is 18.2 Å². The number of aromatic nitrogens is 1. The van der Waals surface area contributed by atoms with Crippen LogP contribution in [0.2, 0.25) is 0 Å². The number of carbonyl (C=O) groups excluding carboxylic acids is 1. The summed E-state index contributed by atoms with van der Waals surface area (Å²) in [5, 5.41) is 3.18. The van der Waals surface area contributed by atoms with Gasteiger partial charge < -0.3 is 15.5 Å². The standard InChI is InChI=1S/C15H18N4O2/c16-14(20)13-8-17-6-7-19(13)9-12-10-21-15(18-12)11-4-2-1-3-5-11/h1-5,10,13,17H,6-9H2,(H2,16,20). The zero-order chi connectivity index (χ0) is 14.7. The van der Waals surface area contributed by atoms with Crippen molar-refractivity contribution in [3.05, 3.63) is 42.3 Å². The van der Waals surface area contributed by atoms with E-state index in [1.165, 1.54) is 0 Å². The second kappa shape index (κ2) is 6.07. The molecular weight excluding hydrogens is 268 g/mol. The highest BCUT2D eigenvalue weighted by Crippen LogP contribution is 2.19. The highest BCUT2D eigenvalue weighted by atomic mass is 16.3. The fourth-order valence-electron chi connectivity index (χ4n) is 2.52. The number of nitrogens with zero attached hydrogens (tertiary/aromatic N) is 2. The summed E-state index contributed by atoms with van der Waals surface area (Å²) < 4.78 is 5.52. The van der Waals surface area contributed by atoms with Crippen LogP contribution in [0, 0.1) is 0 Å². The molecule has 1 aromatic heterocycles. The Morgan fingerprint density at radius 2 is 2.24 bits per heavy atom. The van der Waals surface area contributed by atoms with Gasteiger partial charge in [-0.2, -0.15) is 0 Å². The number of primary amides is 1. The predicted octanol–water partition coefficient (Wildman–Crippen LogP) is 0.601. The van der Waals surface area contributed by atoms with Crippen LogP contribution in [-0.4, -0.2) is 41.5 Å². The van der Waals surface area contributed by atoms with Gasteiger partial charge in [0.25, 0.3) is 0 Å². The molecule has 1 unspecified atom stereocenters. The van der Waals surface area contributed by atoms with E-state index in [9.17, 15) is 4.79 Å². The normalized spacial score (nSPS) is 19.5. The third-order valence-electron chi connectivity index (χ3n) is 3.62. The lowest BCUT2D eigenvalue weighted by molar-refractivity contribution is -0.124. The van der Waals surface area contributed by atoms with E-state index in [4.69, 9.17) is 10.2 Å². The molecule has 3 N–H and O–H groups in total. The molecule has 1 saturated heterocycles. The van der Waals surface area contributed by atoms with Crippen molar-refractivity contribution in [3.63, 3.8) is 0 Å². The number of oxazole rings is 1. The SMILES string of the molecule is NC(=O)C1CNCCN1Cc1coc(-c2ccccc2)n1. The molecule has 2 heterocycles. The Balaban J connectivity index is 1.73. The van der Waals surface area contributed by atoms with Crippen LogP contribution in [0.1, 0.15) is 5.69 Å². The number of nitrogens with two attached hydrogens (primary N) is 1. The van der Waals surface area contributed by atoms with Crippen molar-refractivity contribution in [3.8, 4) is 11.5 Å². The van der Waals surface area contributed by atoms with E-state index >= 15 is 0 Å². The van der Waals surface area contributed by atoms with Crippen molar-refractivity contribution < 1.29 is 9.21 Å². The second-order valence-corrected chi connectivity index (χ2v) is 5.10. The van der Waals surface area contributed by atoms with Crippen molar-refractivity contribution in [2.45, 2.75) is 12.6 Å². The highest BCUT2D eigenvalue weighted by molar-refractivity contribution is 5.80. The van der Waals surface area contributed by atoms with Crippen LogP contribution in [0.15, 0.2) is 41.0 Å². The number of hydrogen-bond donors (Lipinski definition) is 2. The van der Waals surface area contributed by atoms with Crippen molar-refractivity contribution in [2.75, 3.05) is 19.6 Å². The van der Waals surface area contributed by atoms with Gasteiger partial charge in [0.05, 0.1) is 5.69 Å². The van der Waals surface area contributed by atoms with Crippen LogP contribution >= 0.6 is 0 Å². The van der Waals surface area contributed by atoms with Crippen LogP contribution in [0.25, 0.3) is 11.5 Å².